The number of carboxylic acid groups (broad SMARTS) is 1. The van der Waals surface area contributed by atoms with Gasteiger partial charge in [-0.2, -0.15) is 0 Å². The van der Waals surface area contributed by atoms with E-state index in [1.807, 2.05) is 0 Å². The molecule has 0 saturated heterocycles. The van der Waals surface area contributed by atoms with Crippen LogP contribution >= 0.6 is 0 Å². The van der Waals surface area contributed by atoms with Crippen LogP contribution in [0.25, 0.3) is 11.3 Å². The summed E-state index contributed by atoms with van der Waals surface area (Å²) >= 11 is 0. The number of rotatable bonds is 4. The fourth-order valence-electron chi connectivity index (χ4n) is 1.75. The first-order valence-corrected chi connectivity index (χ1v) is 7.41. The van der Waals surface area contributed by atoms with Crippen LogP contribution in [0.2, 0.25) is 0 Å². The van der Waals surface area contributed by atoms with E-state index in [-0.39, 0.29) is 17.0 Å². The van der Waals surface area contributed by atoms with E-state index in [9.17, 15) is 17.6 Å². The predicted octanol–water partition coefficient (Wildman–Crippen LogP) is 1.59. The van der Waals surface area contributed by atoms with Crippen molar-refractivity contribution in [2.24, 2.45) is 0 Å². The fraction of sp³-hybridized carbons (Fsp3) is 0.167. The van der Waals surface area contributed by atoms with Gasteiger partial charge in [0.1, 0.15) is 16.3 Å². The summed E-state index contributed by atoms with van der Waals surface area (Å²) in [6.45, 7) is 0. The third-order valence-electron chi connectivity index (χ3n) is 2.65. The van der Waals surface area contributed by atoms with E-state index < -0.39 is 32.3 Å². The Morgan fingerprint density at radius 1 is 1.43 bits per heavy atom. The van der Waals surface area contributed by atoms with Crippen LogP contribution < -0.4 is 4.74 Å². The number of methoxy groups -OCH3 is 1. The molecule has 2 aromatic rings. The lowest BCUT2D eigenvalue weighted by molar-refractivity contribution is 0.0652. The Morgan fingerprint density at radius 3 is 2.57 bits per heavy atom. The molecule has 0 bridgehead atoms. The van der Waals surface area contributed by atoms with Crippen molar-refractivity contribution in [3.63, 3.8) is 0 Å². The Kier molecular flexibility index (Phi) is 3.69. The van der Waals surface area contributed by atoms with Crippen LogP contribution in [0.1, 0.15) is 10.6 Å². The largest absolute Gasteiger partial charge is 0.495 e. The van der Waals surface area contributed by atoms with Gasteiger partial charge in [0.25, 0.3) is 0 Å². The van der Waals surface area contributed by atoms with Crippen molar-refractivity contribution in [1.82, 2.24) is 5.16 Å². The van der Waals surface area contributed by atoms with Gasteiger partial charge < -0.3 is 14.4 Å². The predicted molar refractivity (Wildman–Crippen MR) is 68.5 cm³/mol. The molecule has 0 aliphatic rings. The highest BCUT2D eigenvalue weighted by Gasteiger charge is 2.25. The van der Waals surface area contributed by atoms with Gasteiger partial charge in [-0.25, -0.2) is 17.6 Å². The second kappa shape index (κ2) is 5.17. The molecule has 1 aromatic heterocycles. The van der Waals surface area contributed by atoms with E-state index in [0.717, 1.165) is 12.3 Å². The molecule has 0 atom stereocenters. The summed E-state index contributed by atoms with van der Waals surface area (Å²) < 4.78 is 47.1. The lowest BCUT2D eigenvalue weighted by Crippen LogP contribution is -2.05. The highest BCUT2D eigenvalue weighted by Crippen LogP contribution is 2.33. The van der Waals surface area contributed by atoms with Gasteiger partial charge in [0.2, 0.25) is 5.76 Å². The number of halogens is 1. The Labute approximate surface area is 118 Å². The number of ether oxygens (including phenoxy) is 1. The van der Waals surface area contributed by atoms with Crippen LogP contribution in [0, 0.1) is 5.82 Å². The molecule has 9 heteroatoms. The maximum atomic E-state index is 14.4. The van der Waals surface area contributed by atoms with E-state index in [2.05, 4.69) is 9.68 Å². The number of aromatic nitrogens is 1. The fourth-order valence-corrected chi connectivity index (χ4v) is 2.70. The number of carboxylic acids is 1. The lowest BCUT2D eigenvalue weighted by Gasteiger charge is -2.10. The number of carbonyl (C=O) groups is 1. The molecule has 0 spiro atoms. The molecule has 1 heterocycles. The summed E-state index contributed by atoms with van der Waals surface area (Å²) in [6, 6.07) is 3.48. The third kappa shape index (κ3) is 2.72. The Hall–Kier alpha value is -2.42. The molecule has 0 amide bonds. The molecule has 0 aliphatic heterocycles. The van der Waals surface area contributed by atoms with Crippen molar-refractivity contribution in [2.45, 2.75) is 4.90 Å². The van der Waals surface area contributed by atoms with Crippen molar-refractivity contribution < 1.29 is 32.0 Å². The van der Waals surface area contributed by atoms with Crippen LogP contribution in [0.15, 0.2) is 27.6 Å². The number of hydrogen-bond acceptors (Lipinski definition) is 6. The van der Waals surface area contributed by atoms with Gasteiger partial charge in [0, 0.05) is 17.9 Å². The van der Waals surface area contributed by atoms with E-state index in [1.165, 1.54) is 19.2 Å². The molecular weight excluding hydrogens is 305 g/mol. The van der Waals surface area contributed by atoms with Crippen molar-refractivity contribution >= 4 is 15.8 Å². The van der Waals surface area contributed by atoms with Crippen molar-refractivity contribution in [2.75, 3.05) is 13.4 Å². The summed E-state index contributed by atoms with van der Waals surface area (Å²) in [5.74, 6) is -3.09. The van der Waals surface area contributed by atoms with Crippen LogP contribution in [-0.2, 0) is 9.84 Å². The number of nitrogens with zero attached hydrogens (tertiary/aromatic N) is 1. The van der Waals surface area contributed by atoms with Crippen LogP contribution in [0.5, 0.6) is 5.75 Å². The molecule has 21 heavy (non-hydrogen) atoms. The molecule has 112 valence electrons. The third-order valence-corrected chi connectivity index (χ3v) is 3.77. The second-order valence-corrected chi connectivity index (χ2v) is 6.06. The SMILES string of the molecule is COc1ccc(-c2cc(C(=O)O)on2)c(F)c1S(C)(=O)=O. The molecule has 0 fully saturated rings. The average Bonchev–Trinajstić information content (AvgIpc) is 2.86. The summed E-state index contributed by atoms with van der Waals surface area (Å²) in [7, 11) is -2.68. The first kappa shape index (κ1) is 15.0. The maximum Gasteiger partial charge on any atom is 0.374 e. The summed E-state index contributed by atoms with van der Waals surface area (Å²) in [5, 5.41) is 12.2. The van der Waals surface area contributed by atoms with Gasteiger partial charge in [0.15, 0.2) is 15.7 Å². The van der Waals surface area contributed by atoms with Crippen LogP contribution in [-0.4, -0.2) is 38.0 Å². The van der Waals surface area contributed by atoms with E-state index in [1.54, 1.807) is 0 Å². The quantitative estimate of drug-likeness (QED) is 0.913. The number of hydrogen-bond donors (Lipinski definition) is 1. The summed E-state index contributed by atoms with van der Waals surface area (Å²) in [6.07, 6.45) is 0.836. The van der Waals surface area contributed by atoms with Gasteiger partial charge in [-0.15, -0.1) is 0 Å². The van der Waals surface area contributed by atoms with Gasteiger partial charge in [-0.05, 0) is 12.1 Å². The van der Waals surface area contributed by atoms with Crippen molar-refractivity contribution in [1.29, 1.82) is 0 Å². The van der Waals surface area contributed by atoms with Crippen LogP contribution in [0.4, 0.5) is 4.39 Å². The van der Waals surface area contributed by atoms with Gasteiger partial charge in [0.05, 0.1) is 7.11 Å². The second-order valence-electron chi connectivity index (χ2n) is 4.11. The zero-order chi connectivity index (χ0) is 15.8. The van der Waals surface area contributed by atoms with E-state index >= 15 is 0 Å². The van der Waals surface area contributed by atoms with Crippen molar-refractivity contribution in [3.05, 3.63) is 29.8 Å². The minimum Gasteiger partial charge on any atom is -0.495 e. The molecule has 7 nitrogen and oxygen atoms in total. The number of aromatic carboxylic acids is 1. The van der Waals surface area contributed by atoms with E-state index in [0.29, 0.717) is 0 Å². The monoisotopic (exact) mass is 315 g/mol. The lowest BCUT2D eigenvalue weighted by atomic mass is 10.1. The molecule has 1 aromatic carbocycles. The summed E-state index contributed by atoms with van der Waals surface area (Å²) in [4.78, 5) is 10.1. The minimum absolute atomic E-state index is 0.127. The molecule has 2 rings (SSSR count). The molecule has 0 unspecified atom stereocenters. The molecule has 0 saturated carbocycles. The van der Waals surface area contributed by atoms with E-state index in [4.69, 9.17) is 9.84 Å². The zero-order valence-corrected chi connectivity index (χ0v) is 11.8. The topological polar surface area (TPSA) is 107 Å². The molecular formula is C12H10FNO6S. The van der Waals surface area contributed by atoms with Crippen LogP contribution in [0.3, 0.4) is 0 Å². The standard InChI is InChI=1S/C12H10FNO6S/c1-19-8-4-3-6(10(13)11(8)21(2,17)18)7-5-9(12(15)16)20-14-7/h3-5H,1-2H3,(H,15,16). The number of benzene rings is 1. The van der Waals surface area contributed by atoms with Gasteiger partial charge in [-0.3, -0.25) is 0 Å². The average molecular weight is 315 g/mol. The Balaban J connectivity index is 2.68. The molecule has 1 N–H and O–H groups in total. The first-order chi connectivity index (χ1) is 9.75. The maximum absolute atomic E-state index is 14.4. The normalized spacial score (nSPS) is 11.4. The summed E-state index contributed by atoms with van der Waals surface area (Å²) in [5.41, 5.74) is -0.329. The molecule has 0 radical (unpaired) electrons. The smallest absolute Gasteiger partial charge is 0.374 e. The minimum atomic E-state index is -3.89. The first-order valence-electron chi connectivity index (χ1n) is 5.52. The van der Waals surface area contributed by atoms with Gasteiger partial charge >= 0.3 is 5.97 Å². The highest BCUT2D eigenvalue weighted by atomic mass is 32.2. The highest BCUT2D eigenvalue weighted by molar-refractivity contribution is 7.90. The Bertz CT molecular complexity index is 811. The zero-order valence-electron chi connectivity index (χ0n) is 11.0. The van der Waals surface area contributed by atoms with Crippen molar-refractivity contribution in [3.8, 4) is 17.0 Å². The molecule has 0 aliphatic carbocycles. The Morgan fingerprint density at radius 2 is 2.10 bits per heavy atom. The number of sulfone groups is 1. The van der Waals surface area contributed by atoms with Gasteiger partial charge in [-0.1, -0.05) is 5.16 Å².